The van der Waals surface area contributed by atoms with E-state index in [0.717, 1.165) is 25.5 Å². The summed E-state index contributed by atoms with van der Waals surface area (Å²) < 4.78 is 0. The van der Waals surface area contributed by atoms with Crippen LogP contribution in [0.3, 0.4) is 0 Å². The Morgan fingerprint density at radius 2 is 2.12 bits per heavy atom. The van der Waals surface area contributed by atoms with Crippen molar-refractivity contribution in [3.05, 3.63) is 17.3 Å². The fourth-order valence-electron chi connectivity index (χ4n) is 2.41. The smallest absolute Gasteiger partial charge is 0.131 e. The van der Waals surface area contributed by atoms with Crippen LogP contribution in [-0.2, 0) is 0 Å². The predicted octanol–water partition coefficient (Wildman–Crippen LogP) is 1.85. The Bertz CT molecular complexity index is 419. The first kappa shape index (κ1) is 12.5. The second-order valence-corrected chi connectivity index (χ2v) is 5.67. The number of nitrogens with zero attached hydrogens (tertiary/aromatic N) is 3. The standard InChI is InChI=1S/C12H19ClN4/c1-12(2)8-16(3)4-5-17(12)11-6-10(14)9(13)7-15-11/h6-7H,4-5,8H2,1-3H3,(H2,14,15). The van der Waals surface area contributed by atoms with Gasteiger partial charge >= 0.3 is 0 Å². The van der Waals surface area contributed by atoms with E-state index in [4.69, 9.17) is 17.3 Å². The SMILES string of the molecule is CN1CCN(c2cc(N)c(Cl)cn2)C(C)(C)C1. The summed E-state index contributed by atoms with van der Waals surface area (Å²) in [5.74, 6) is 0.907. The number of piperazine rings is 1. The number of hydrogen-bond acceptors (Lipinski definition) is 4. The summed E-state index contributed by atoms with van der Waals surface area (Å²) in [5, 5.41) is 0.515. The molecule has 1 saturated heterocycles. The van der Waals surface area contributed by atoms with Crippen molar-refractivity contribution in [3.8, 4) is 0 Å². The van der Waals surface area contributed by atoms with Crippen molar-refractivity contribution in [2.45, 2.75) is 19.4 Å². The van der Waals surface area contributed by atoms with Gasteiger partial charge in [-0.15, -0.1) is 0 Å². The van der Waals surface area contributed by atoms with Crippen molar-refractivity contribution < 1.29 is 0 Å². The van der Waals surface area contributed by atoms with Gasteiger partial charge in [-0.25, -0.2) is 4.98 Å². The number of aromatic nitrogens is 1. The van der Waals surface area contributed by atoms with Gasteiger partial charge in [-0.05, 0) is 20.9 Å². The van der Waals surface area contributed by atoms with Gasteiger partial charge < -0.3 is 15.5 Å². The zero-order chi connectivity index (χ0) is 12.6. The van der Waals surface area contributed by atoms with Gasteiger partial charge in [0, 0.05) is 37.4 Å². The van der Waals surface area contributed by atoms with Crippen molar-refractivity contribution in [3.63, 3.8) is 0 Å². The highest BCUT2D eigenvalue weighted by atomic mass is 35.5. The third kappa shape index (κ3) is 2.48. The van der Waals surface area contributed by atoms with Gasteiger partial charge in [-0.2, -0.15) is 0 Å². The number of nitrogens with two attached hydrogens (primary N) is 1. The van der Waals surface area contributed by atoms with E-state index >= 15 is 0 Å². The Balaban J connectivity index is 2.29. The van der Waals surface area contributed by atoms with Gasteiger partial charge in [0.25, 0.3) is 0 Å². The molecule has 2 N–H and O–H groups in total. The van der Waals surface area contributed by atoms with E-state index < -0.39 is 0 Å². The molecule has 0 radical (unpaired) electrons. The Kier molecular flexibility index (Phi) is 3.19. The van der Waals surface area contributed by atoms with Crippen LogP contribution >= 0.6 is 11.6 Å². The molecule has 0 saturated carbocycles. The molecule has 1 aliphatic heterocycles. The molecule has 1 aromatic heterocycles. The van der Waals surface area contributed by atoms with Crippen molar-refractivity contribution in [2.75, 3.05) is 37.3 Å². The van der Waals surface area contributed by atoms with Crippen LogP contribution in [0, 0.1) is 0 Å². The summed E-state index contributed by atoms with van der Waals surface area (Å²) in [5.41, 5.74) is 6.48. The molecule has 0 unspecified atom stereocenters. The van der Waals surface area contributed by atoms with Crippen LogP contribution in [0.25, 0.3) is 0 Å². The molecule has 4 nitrogen and oxygen atoms in total. The largest absolute Gasteiger partial charge is 0.397 e. The average Bonchev–Trinajstić information content (AvgIpc) is 2.21. The lowest BCUT2D eigenvalue weighted by Crippen LogP contribution is -2.58. The maximum atomic E-state index is 5.90. The van der Waals surface area contributed by atoms with E-state index in [9.17, 15) is 0 Å². The third-order valence-electron chi connectivity index (χ3n) is 3.24. The Morgan fingerprint density at radius 1 is 1.41 bits per heavy atom. The fraction of sp³-hybridized carbons (Fsp3) is 0.583. The Hall–Kier alpha value is -1.00. The third-order valence-corrected chi connectivity index (χ3v) is 3.56. The van der Waals surface area contributed by atoms with Gasteiger partial charge in [-0.3, -0.25) is 0 Å². The summed E-state index contributed by atoms with van der Waals surface area (Å²) in [6.45, 7) is 7.44. The van der Waals surface area contributed by atoms with Crippen LogP contribution in [0.1, 0.15) is 13.8 Å². The monoisotopic (exact) mass is 254 g/mol. The molecular formula is C12H19ClN4. The van der Waals surface area contributed by atoms with Crippen molar-refractivity contribution in [1.82, 2.24) is 9.88 Å². The topological polar surface area (TPSA) is 45.4 Å². The van der Waals surface area contributed by atoms with Gasteiger partial charge in [0.1, 0.15) is 5.82 Å². The Morgan fingerprint density at radius 3 is 2.71 bits per heavy atom. The van der Waals surface area contributed by atoms with Crippen LogP contribution in [0.15, 0.2) is 12.3 Å². The number of anilines is 2. The van der Waals surface area contributed by atoms with E-state index in [2.05, 4.69) is 35.7 Å². The first-order chi connectivity index (χ1) is 7.90. The fourth-order valence-corrected chi connectivity index (χ4v) is 2.52. The highest BCUT2D eigenvalue weighted by molar-refractivity contribution is 6.32. The highest BCUT2D eigenvalue weighted by Gasteiger charge is 2.33. The van der Waals surface area contributed by atoms with Crippen LogP contribution in [-0.4, -0.2) is 42.1 Å². The molecule has 0 amide bonds. The van der Waals surface area contributed by atoms with Crippen molar-refractivity contribution >= 4 is 23.1 Å². The number of halogens is 1. The molecule has 2 rings (SSSR count). The zero-order valence-corrected chi connectivity index (χ0v) is 11.3. The predicted molar refractivity (Wildman–Crippen MR) is 72.6 cm³/mol. The molecule has 0 aliphatic carbocycles. The van der Waals surface area contributed by atoms with Crippen LogP contribution in [0.4, 0.5) is 11.5 Å². The second-order valence-electron chi connectivity index (χ2n) is 5.27. The van der Waals surface area contributed by atoms with Crippen molar-refractivity contribution in [2.24, 2.45) is 0 Å². The maximum Gasteiger partial charge on any atom is 0.131 e. The lowest BCUT2D eigenvalue weighted by atomic mass is 9.99. The van der Waals surface area contributed by atoms with Crippen LogP contribution in [0.2, 0.25) is 5.02 Å². The summed E-state index contributed by atoms with van der Waals surface area (Å²) in [7, 11) is 2.14. The number of nitrogen functional groups attached to an aromatic ring is 1. The van der Waals surface area contributed by atoms with Crippen LogP contribution in [0.5, 0.6) is 0 Å². The summed E-state index contributed by atoms with van der Waals surface area (Å²) in [4.78, 5) is 9.00. The molecule has 1 aliphatic rings. The molecule has 0 atom stereocenters. The summed E-state index contributed by atoms with van der Waals surface area (Å²) in [6.07, 6.45) is 1.63. The number of pyridine rings is 1. The van der Waals surface area contributed by atoms with Gasteiger partial charge in [0.2, 0.25) is 0 Å². The maximum absolute atomic E-state index is 5.90. The summed E-state index contributed by atoms with van der Waals surface area (Å²) in [6, 6.07) is 1.86. The average molecular weight is 255 g/mol. The van der Waals surface area contributed by atoms with Crippen molar-refractivity contribution in [1.29, 1.82) is 0 Å². The molecule has 94 valence electrons. The van der Waals surface area contributed by atoms with Gasteiger partial charge in [-0.1, -0.05) is 11.6 Å². The molecule has 1 fully saturated rings. The van der Waals surface area contributed by atoms with E-state index in [1.807, 2.05) is 6.07 Å². The normalized spacial score (nSPS) is 20.6. The molecule has 0 bridgehead atoms. The minimum absolute atomic E-state index is 0.0558. The molecule has 5 heteroatoms. The molecular weight excluding hydrogens is 236 g/mol. The molecule has 0 spiro atoms. The summed E-state index contributed by atoms with van der Waals surface area (Å²) >= 11 is 5.90. The number of hydrogen-bond donors (Lipinski definition) is 1. The zero-order valence-electron chi connectivity index (χ0n) is 10.6. The molecule has 17 heavy (non-hydrogen) atoms. The Labute approximate surface area is 107 Å². The number of rotatable bonds is 1. The van der Waals surface area contributed by atoms with E-state index in [1.165, 1.54) is 0 Å². The van der Waals surface area contributed by atoms with E-state index in [0.29, 0.717) is 10.7 Å². The number of likely N-dealkylation sites (N-methyl/N-ethyl adjacent to an activating group) is 1. The minimum atomic E-state index is 0.0558. The van der Waals surface area contributed by atoms with Crippen LogP contribution < -0.4 is 10.6 Å². The first-order valence-corrected chi connectivity index (χ1v) is 6.15. The molecule has 2 heterocycles. The quantitative estimate of drug-likeness (QED) is 0.831. The second kappa shape index (κ2) is 4.35. The van der Waals surface area contributed by atoms with Gasteiger partial charge in [0.05, 0.1) is 10.7 Å². The lowest BCUT2D eigenvalue weighted by molar-refractivity contribution is 0.217. The van der Waals surface area contributed by atoms with E-state index in [-0.39, 0.29) is 5.54 Å². The van der Waals surface area contributed by atoms with E-state index in [1.54, 1.807) is 6.20 Å². The first-order valence-electron chi connectivity index (χ1n) is 5.77. The lowest BCUT2D eigenvalue weighted by Gasteiger charge is -2.46. The molecule has 0 aromatic carbocycles. The minimum Gasteiger partial charge on any atom is -0.397 e. The highest BCUT2D eigenvalue weighted by Crippen LogP contribution is 2.29. The van der Waals surface area contributed by atoms with Gasteiger partial charge in [0.15, 0.2) is 0 Å². The molecule has 1 aromatic rings.